The molecule has 3 nitrogen and oxygen atoms in total. The van der Waals surface area contributed by atoms with Crippen LogP contribution in [0.5, 0.6) is 0 Å². The Kier molecular flexibility index (Phi) is 4.21. The number of thiophene rings is 1. The minimum absolute atomic E-state index is 0.0890. The van der Waals surface area contributed by atoms with E-state index in [1.807, 2.05) is 30.3 Å². The van der Waals surface area contributed by atoms with Crippen LogP contribution in [0.2, 0.25) is 0 Å². The first-order valence-electron chi connectivity index (χ1n) is 7.00. The molecule has 1 amide bonds. The molecule has 0 saturated carbocycles. The summed E-state index contributed by atoms with van der Waals surface area (Å²) in [6.45, 7) is 0.506. The van der Waals surface area contributed by atoms with E-state index in [4.69, 9.17) is 5.73 Å². The van der Waals surface area contributed by atoms with Crippen molar-refractivity contribution < 1.29 is 4.79 Å². The Labute approximate surface area is 133 Å². The van der Waals surface area contributed by atoms with Crippen LogP contribution in [0.25, 0.3) is 11.1 Å². The normalized spacial score (nSPS) is 10.4. The van der Waals surface area contributed by atoms with Gasteiger partial charge in [-0.2, -0.15) is 0 Å². The summed E-state index contributed by atoms with van der Waals surface area (Å²) in [6.07, 6.45) is 0. The number of amides is 1. The van der Waals surface area contributed by atoms with Gasteiger partial charge in [0.05, 0.1) is 9.88 Å². The lowest BCUT2D eigenvalue weighted by Crippen LogP contribution is -2.21. The minimum atomic E-state index is -0.0890. The van der Waals surface area contributed by atoms with E-state index in [1.54, 1.807) is 12.1 Å². The first-order chi connectivity index (χ1) is 10.7. The molecular weight excluding hydrogens is 292 g/mol. The van der Waals surface area contributed by atoms with E-state index in [2.05, 4.69) is 29.6 Å². The molecule has 0 aliphatic rings. The van der Waals surface area contributed by atoms with E-state index in [0.29, 0.717) is 16.4 Å². The second-order valence-electron chi connectivity index (χ2n) is 4.95. The van der Waals surface area contributed by atoms with E-state index < -0.39 is 0 Å². The quantitative estimate of drug-likeness (QED) is 0.767. The lowest BCUT2D eigenvalue weighted by Gasteiger charge is -2.06. The Bertz CT molecular complexity index is 763. The molecule has 3 N–H and O–H groups in total. The minimum Gasteiger partial charge on any atom is -0.391 e. The number of rotatable bonds is 4. The van der Waals surface area contributed by atoms with Gasteiger partial charge in [-0.15, -0.1) is 11.3 Å². The summed E-state index contributed by atoms with van der Waals surface area (Å²) in [6, 6.07) is 21.9. The third-order valence-electron chi connectivity index (χ3n) is 3.36. The smallest absolute Gasteiger partial charge is 0.261 e. The van der Waals surface area contributed by atoms with Gasteiger partial charge in [0.2, 0.25) is 0 Å². The molecule has 0 spiro atoms. The van der Waals surface area contributed by atoms with Crippen LogP contribution in [0.3, 0.4) is 0 Å². The molecule has 22 heavy (non-hydrogen) atoms. The average molecular weight is 308 g/mol. The number of hydrogen-bond acceptors (Lipinski definition) is 3. The van der Waals surface area contributed by atoms with E-state index in [0.717, 1.165) is 5.56 Å². The third kappa shape index (κ3) is 3.35. The van der Waals surface area contributed by atoms with Crippen LogP contribution in [-0.4, -0.2) is 5.91 Å². The molecule has 0 aliphatic carbocycles. The highest BCUT2D eigenvalue weighted by Crippen LogP contribution is 2.20. The van der Waals surface area contributed by atoms with Gasteiger partial charge < -0.3 is 11.1 Å². The highest BCUT2D eigenvalue weighted by molar-refractivity contribution is 7.17. The molecule has 0 bridgehead atoms. The van der Waals surface area contributed by atoms with Gasteiger partial charge in [0, 0.05) is 6.54 Å². The van der Waals surface area contributed by atoms with Crippen molar-refractivity contribution in [3.8, 4) is 11.1 Å². The molecule has 1 heterocycles. The van der Waals surface area contributed by atoms with Crippen LogP contribution in [0.4, 0.5) is 5.00 Å². The van der Waals surface area contributed by atoms with Gasteiger partial charge in [0.25, 0.3) is 5.91 Å². The molecule has 0 atom stereocenters. The molecule has 4 heteroatoms. The zero-order chi connectivity index (χ0) is 15.4. The van der Waals surface area contributed by atoms with Crippen molar-refractivity contribution in [3.05, 3.63) is 77.2 Å². The summed E-state index contributed by atoms with van der Waals surface area (Å²) in [5.41, 5.74) is 9.06. The maximum absolute atomic E-state index is 12.0. The van der Waals surface area contributed by atoms with E-state index in [-0.39, 0.29) is 5.91 Å². The van der Waals surface area contributed by atoms with E-state index in [9.17, 15) is 4.79 Å². The van der Waals surface area contributed by atoms with Gasteiger partial charge in [-0.05, 0) is 28.8 Å². The number of benzene rings is 2. The Morgan fingerprint density at radius 3 is 2.23 bits per heavy atom. The Hall–Kier alpha value is -2.59. The SMILES string of the molecule is Nc1ccc(C(=O)NCc2ccc(-c3ccccc3)cc2)s1. The van der Waals surface area contributed by atoms with Crippen LogP contribution in [0, 0.1) is 0 Å². The van der Waals surface area contributed by atoms with Gasteiger partial charge in [0.1, 0.15) is 0 Å². The number of nitrogen functional groups attached to an aromatic ring is 1. The summed E-state index contributed by atoms with van der Waals surface area (Å²) in [5, 5.41) is 3.55. The summed E-state index contributed by atoms with van der Waals surface area (Å²) >= 11 is 1.30. The van der Waals surface area contributed by atoms with Gasteiger partial charge >= 0.3 is 0 Å². The van der Waals surface area contributed by atoms with Crippen LogP contribution in [-0.2, 0) is 6.54 Å². The number of nitrogens with two attached hydrogens (primary N) is 1. The molecule has 0 fully saturated rings. The maximum Gasteiger partial charge on any atom is 0.261 e. The number of carbonyl (C=O) groups is 1. The van der Waals surface area contributed by atoms with Crippen LogP contribution >= 0.6 is 11.3 Å². The van der Waals surface area contributed by atoms with Crippen LogP contribution < -0.4 is 11.1 Å². The fraction of sp³-hybridized carbons (Fsp3) is 0.0556. The van der Waals surface area contributed by atoms with Gasteiger partial charge in [-0.1, -0.05) is 54.6 Å². The lowest BCUT2D eigenvalue weighted by molar-refractivity contribution is 0.0955. The summed E-state index contributed by atoms with van der Waals surface area (Å²) in [4.78, 5) is 12.6. The summed E-state index contributed by atoms with van der Waals surface area (Å²) < 4.78 is 0. The maximum atomic E-state index is 12.0. The summed E-state index contributed by atoms with van der Waals surface area (Å²) in [7, 11) is 0. The predicted molar refractivity (Wildman–Crippen MR) is 91.8 cm³/mol. The second-order valence-corrected chi connectivity index (χ2v) is 6.06. The largest absolute Gasteiger partial charge is 0.391 e. The molecule has 1 aromatic heterocycles. The molecule has 110 valence electrons. The molecular formula is C18H16N2OS. The standard InChI is InChI=1S/C18H16N2OS/c19-17-11-10-16(22-17)18(21)20-12-13-6-8-15(9-7-13)14-4-2-1-3-5-14/h1-11H,12,19H2,(H,20,21). The van der Waals surface area contributed by atoms with Gasteiger partial charge in [0.15, 0.2) is 0 Å². The first-order valence-corrected chi connectivity index (χ1v) is 7.82. The third-order valence-corrected chi connectivity index (χ3v) is 4.28. The van der Waals surface area contributed by atoms with Crippen molar-refractivity contribution in [2.75, 3.05) is 5.73 Å². The number of carbonyl (C=O) groups excluding carboxylic acids is 1. The topological polar surface area (TPSA) is 55.1 Å². The van der Waals surface area contributed by atoms with Crippen LogP contribution in [0.1, 0.15) is 15.2 Å². The number of hydrogen-bond donors (Lipinski definition) is 2. The molecule has 0 aliphatic heterocycles. The Morgan fingerprint density at radius 1 is 0.909 bits per heavy atom. The highest BCUT2D eigenvalue weighted by atomic mass is 32.1. The van der Waals surface area contributed by atoms with Crippen LogP contribution in [0.15, 0.2) is 66.7 Å². The molecule has 2 aromatic carbocycles. The van der Waals surface area contributed by atoms with Gasteiger partial charge in [-0.3, -0.25) is 4.79 Å². The molecule has 0 saturated heterocycles. The van der Waals surface area contributed by atoms with E-state index in [1.165, 1.54) is 22.5 Å². The molecule has 3 aromatic rings. The lowest BCUT2D eigenvalue weighted by atomic mass is 10.0. The fourth-order valence-corrected chi connectivity index (χ4v) is 2.88. The molecule has 0 unspecified atom stereocenters. The summed E-state index contributed by atoms with van der Waals surface area (Å²) in [5.74, 6) is -0.0890. The number of anilines is 1. The monoisotopic (exact) mass is 308 g/mol. The van der Waals surface area contributed by atoms with Crippen molar-refractivity contribution in [1.82, 2.24) is 5.32 Å². The highest BCUT2D eigenvalue weighted by Gasteiger charge is 2.07. The first kappa shape index (κ1) is 14.4. The Morgan fingerprint density at radius 2 is 1.59 bits per heavy atom. The van der Waals surface area contributed by atoms with Crippen molar-refractivity contribution >= 4 is 22.2 Å². The van der Waals surface area contributed by atoms with Crippen molar-refractivity contribution in [3.63, 3.8) is 0 Å². The zero-order valence-electron chi connectivity index (χ0n) is 12.0. The van der Waals surface area contributed by atoms with E-state index >= 15 is 0 Å². The predicted octanol–water partition coefficient (Wildman–Crippen LogP) is 3.93. The number of nitrogens with one attached hydrogen (secondary N) is 1. The average Bonchev–Trinajstić information content (AvgIpc) is 3.00. The van der Waals surface area contributed by atoms with Gasteiger partial charge in [-0.25, -0.2) is 0 Å². The molecule has 0 radical (unpaired) electrons. The Balaban J connectivity index is 1.63. The van der Waals surface area contributed by atoms with Crippen molar-refractivity contribution in [2.24, 2.45) is 0 Å². The zero-order valence-corrected chi connectivity index (χ0v) is 12.8. The fourth-order valence-electron chi connectivity index (χ4n) is 2.19. The van der Waals surface area contributed by atoms with Crippen molar-refractivity contribution in [1.29, 1.82) is 0 Å². The second kappa shape index (κ2) is 6.45. The molecule has 3 rings (SSSR count). The van der Waals surface area contributed by atoms with Crippen molar-refractivity contribution in [2.45, 2.75) is 6.54 Å².